The summed E-state index contributed by atoms with van der Waals surface area (Å²) in [5.74, 6) is -0.903. The Morgan fingerprint density at radius 2 is 2.07 bits per heavy atom. The number of ether oxygens (including phenoxy) is 2. The van der Waals surface area contributed by atoms with Gasteiger partial charge >= 0.3 is 0 Å². The molecule has 2 atom stereocenters. The molecule has 0 spiro atoms. The third-order valence-electron chi connectivity index (χ3n) is 3.76. The number of rotatable bonds is 9. The van der Waals surface area contributed by atoms with Gasteiger partial charge in [0.05, 0.1) is 30.3 Å². The summed E-state index contributed by atoms with van der Waals surface area (Å²) in [4.78, 5) is 7.61. The molecule has 0 saturated carbocycles. The van der Waals surface area contributed by atoms with Crippen LogP contribution in [0.1, 0.15) is 6.92 Å². The van der Waals surface area contributed by atoms with Crippen molar-refractivity contribution < 1.29 is 27.4 Å². The third kappa shape index (κ3) is 5.96. The molecule has 0 saturated heterocycles. The van der Waals surface area contributed by atoms with Crippen LogP contribution < -0.4 is 20.5 Å². The molecular weight excluding hydrogens is 473 g/mol. The molecule has 0 fully saturated rings. The summed E-state index contributed by atoms with van der Waals surface area (Å²) in [6, 6.07) is 1.75. The maximum Gasteiger partial charge on any atom is 0.244 e. The average molecular weight is 494 g/mol. The van der Waals surface area contributed by atoms with E-state index < -0.39 is 32.9 Å². The molecular formula is C16H21BrFN5O5S. The summed E-state index contributed by atoms with van der Waals surface area (Å²) in [7, 11) is -1.62. The van der Waals surface area contributed by atoms with E-state index in [9.17, 15) is 17.9 Å². The molecule has 13 heteroatoms. The van der Waals surface area contributed by atoms with Gasteiger partial charge in [-0.1, -0.05) is 0 Å². The second-order valence-corrected chi connectivity index (χ2v) is 8.35. The van der Waals surface area contributed by atoms with Crippen LogP contribution in [-0.4, -0.2) is 56.5 Å². The number of nitrogens with one attached hydrogen (secondary N) is 2. The lowest BCUT2D eigenvalue weighted by Gasteiger charge is -2.22. The number of aromatic nitrogens is 2. The highest BCUT2D eigenvalue weighted by Crippen LogP contribution is 2.31. The zero-order chi connectivity index (χ0) is 21.8. The molecule has 0 unspecified atom stereocenters. The number of sulfonamides is 1. The van der Waals surface area contributed by atoms with Gasteiger partial charge < -0.3 is 25.2 Å². The largest absolute Gasteiger partial charge is 0.495 e. The van der Waals surface area contributed by atoms with Crippen LogP contribution in [0.2, 0.25) is 0 Å². The number of methoxy groups -OCH3 is 2. The summed E-state index contributed by atoms with van der Waals surface area (Å²) < 4.78 is 48.0. The number of nitrogens with zero attached hydrogens (tertiary/aromatic N) is 2. The van der Waals surface area contributed by atoms with Gasteiger partial charge in [0, 0.05) is 25.1 Å². The fraction of sp³-hybridized carbons (Fsp3) is 0.375. The van der Waals surface area contributed by atoms with E-state index >= 15 is 0 Å². The first-order chi connectivity index (χ1) is 13.6. The number of aliphatic hydroxyl groups is 1. The minimum absolute atomic E-state index is 0.0854. The molecule has 0 aliphatic rings. The zero-order valence-corrected chi connectivity index (χ0v) is 18.2. The Balaban J connectivity index is 2.34. The van der Waals surface area contributed by atoms with E-state index in [1.54, 1.807) is 6.92 Å². The zero-order valence-electron chi connectivity index (χ0n) is 15.8. The highest BCUT2D eigenvalue weighted by Gasteiger charge is 2.22. The molecule has 0 aliphatic carbocycles. The van der Waals surface area contributed by atoms with Gasteiger partial charge in [-0.05, 0) is 28.9 Å². The molecule has 0 amide bonds. The van der Waals surface area contributed by atoms with E-state index in [1.165, 1.54) is 26.5 Å². The van der Waals surface area contributed by atoms with Crippen LogP contribution in [0.4, 0.5) is 21.8 Å². The SMILES string of the molecule is COC[C@@H](Nc1nc(Nc2cc(F)c(S(N)(=O)=O)c(OC)c2)ncc1Br)[C@@H](C)O. The van der Waals surface area contributed by atoms with Gasteiger partial charge in [-0.3, -0.25) is 0 Å². The van der Waals surface area contributed by atoms with Crippen LogP contribution in [0, 0.1) is 5.82 Å². The highest BCUT2D eigenvalue weighted by molar-refractivity contribution is 9.10. The summed E-state index contributed by atoms with van der Waals surface area (Å²) in [6.07, 6.45) is 0.730. The van der Waals surface area contributed by atoms with Crippen LogP contribution in [0.5, 0.6) is 5.75 Å². The lowest BCUT2D eigenvalue weighted by Crippen LogP contribution is -2.36. The molecule has 1 aromatic carbocycles. The standard InChI is InChI=1S/C16H21BrFN5O5S/c1-8(24)12(7-27-2)22-15-10(17)6-20-16(23-15)21-9-4-11(18)14(29(19,25)26)13(5-9)28-3/h4-6,8,12,24H,7H2,1-3H3,(H2,19,25,26)(H2,20,21,22,23)/t8-,12-/m1/s1. The first kappa shape index (κ1) is 23.2. The van der Waals surface area contributed by atoms with Gasteiger partial charge in [0.2, 0.25) is 16.0 Å². The lowest BCUT2D eigenvalue weighted by molar-refractivity contribution is 0.106. The van der Waals surface area contributed by atoms with Gasteiger partial charge in [-0.25, -0.2) is 22.9 Å². The number of aliphatic hydroxyl groups excluding tert-OH is 1. The number of hydrogen-bond donors (Lipinski definition) is 4. The molecule has 0 bridgehead atoms. The van der Waals surface area contributed by atoms with Crippen molar-refractivity contribution in [2.45, 2.75) is 24.0 Å². The molecule has 29 heavy (non-hydrogen) atoms. The fourth-order valence-electron chi connectivity index (χ4n) is 2.38. The van der Waals surface area contributed by atoms with Gasteiger partial charge in [0.25, 0.3) is 0 Å². The van der Waals surface area contributed by atoms with Gasteiger partial charge in [0.15, 0.2) is 4.90 Å². The number of primary sulfonamides is 1. The normalized spacial score (nSPS) is 13.6. The van der Waals surface area contributed by atoms with Crippen molar-refractivity contribution in [3.63, 3.8) is 0 Å². The first-order valence-corrected chi connectivity index (χ1v) is 10.5. The van der Waals surface area contributed by atoms with Crippen molar-refractivity contribution in [3.05, 3.63) is 28.6 Å². The van der Waals surface area contributed by atoms with E-state index in [1.807, 2.05) is 0 Å². The predicted molar refractivity (Wildman–Crippen MR) is 108 cm³/mol. The van der Waals surface area contributed by atoms with E-state index in [2.05, 4.69) is 36.5 Å². The van der Waals surface area contributed by atoms with E-state index in [-0.39, 0.29) is 24.0 Å². The Morgan fingerprint density at radius 1 is 1.38 bits per heavy atom. The summed E-state index contributed by atoms with van der Waals surface area (Å²) in [5, 5.41) is 20.7. The molecule has 1 heterocycles. The van der Waals surface area contributed by atoms with Crippen LogP contribution in [-0.2, 0) is 14.8 Å². The Bertz CT molecular complexity index is 976. The highest BCUT2D eigenvalue weighted by atomic mass is 79.9. The molecule has 5 N–H and O–H groups in total. The van der Waals surface area contributed by atoms with Gasteiger partial charge in [-0.15, -0.1) is 0 Å². The van der Waals surface area contributed by atoms with Crippen LogP contribution in [0.3, 0.4) is 0 Å². The monoisotopic (exact) mass is 493 g/mol. The average Bonchev–Trinajstić information content (AvgIpc) is 2.62. The van der Waals surface area contributed by atoms with Gasteiger partial charge in [0.1, 0.15) is 17.4 Å². The first-order valence-electron chi connectivity index (χ1n) is 8.20. The minimum Gasteiger partial charge on any atom is -0.495 e. The van der Waals surface area contributed by atoms with Gasteiger partial charge in [-0.2, -0.15) is 4.98 Å². The summed E-state index contributed by atoms with van der Waals surface area (Å²) in [5.41, 5.74) is 0.143. The van der Waals surface area contributed by atoms with E-state index in [0.717, 1.165) is 6.07 Å². The molecule has 0 radical (unpaired) electrons. The van der Waals surface area contributed by atoms with Crippen molar-refractivity contribution in [2.75, 3.05) is 31.5 Å². The second-order valence-electron chi connectivity index (χ2n) is 6.00. The van der Waals surface area contributed by atoms with Crippen molar-refractivity contribution >= 4 is 43.4 Å². The minimum atomic E-state index is -4.32. The molecule has 160 valence electrons. The van der Waals surface area contributed by atoms with Crippen LogP contribution in [0.25, 0.3) is 0 Å². The summed E-state index contributed by atoms with van der Waals surface area (Å²) in [6.45, 7) is 1.83. The predicted octanol–water partition coefficient (Wildman–Crippen LogP) is 1.59. The molecule has 1 aromatic heterocycles. The Hall–Kier alpha value is -2.06. The molecule has 2 aromatic rings. The maximum atomic E-state index is 14.3. The van der Waals surface area contributed by atoms with Crippen molar-refractivity contribution in [3.8, 4) is 5.75 Å². The Labute approximate surface area is 175 Å². The lowest BCUT2D eigenvalue weighted by atomic mass is 10.2. The molecule has 10 nitrogen and oxygen atoms in total. The number of benzene rings is 1. The van der Waals surface area contributed by atoms with Crippen molar-refractivity contribution in [1.29, 1.82) is 0 Å². The third-order valence-corrected chi connectivity index (χ3v) is 5.31. The summed E-state index contributed by atoms with van der Waals surface area (Å²) >= 11 is 3.31. The maximum absolute atomic E-state index is 14.3. The quantitative estimate of drug-likeness (QED) is 0.408. The molecule has 0 aliphatic heterocycles. The topological polar surface area (TPSA) is 149 Å². The van der Waals surface area contributed by atoms with Crippen molar-refractivity contribution in [1.82, 2.24) is 9.97 Å². The smallest absolute Gasteiger partial charge is 0.244 e. The fourth-order valence-corrected chi connectivity index (χ4v) is 3.44. The Kier molecular flexibility index (Phi) is 7.71. The van der Waals surface area contributed by atoms with Crippen LogP contribution >= 0.6 is 15.9 Å². The molecule has 2 rings (SSSR count). The Morgan fingerprint density at radius 3 is 2.62 bits per heavy atom. The number of halogens is 2. The number of anilines is 3. The van der Waals surface area contributed by atoms with Crippen molar-refractivity contribution in [2.24, 2.45) is 5.14 Å². The second kappa shape index (κ2) is 9.63. The number of hydrogen-bond acceptors (Lipinski definition) is 9. The van der Waals surface area contributed by atoms with E-state index in [0.29, 0.717) is 10.3 Å². The number of nitrogens with two attached hydrogens (primary N) is 1. The van der Waals surface area contributed by atoms with Crippen LogP contribution in [0.15, 0.2) is 27.7 Å². The van der Waals surface area contributed by atoms with E-state index in [4.69, 9.17) is 14.6 Å².